The van der Waals surface area contributed by atoms with Crippen LogP contribution in [-0.4, -0.2) is 29.2 Å². The first kappa shape index (κ1) is 15.2. The summed E-state index contributed by atoms with van der Waals surface area (Å²) in [5, 5.41) is 12.0. The van der Waals surface area contributed by atoms with Crippen LogP contribution >= 0.6 is 0 Å². The van der Waals surface area contributed by atoms with Crippen molar-refractivity contribution in [3.8, 4) is 5.75 Å². The molecule has 0 aromatic carbocycles. The summed E-state index contributed by atoms with van der Waals surface area (Å²) in [4.78, 5) is 23.3. The molecule has 19 heavy (non-hydrogen) atoms. The largest absolute Gasteiger partial charge is 0.491 e. The van der Waals surface area contributed by atoms with Crippen LogP contribution in [0.4, 0.5) is 0 Å². The number of aliphatic hydroxyl groups is 1. The first-order valence-corrected chi connectivity index (χ1v) is 6.12. The molecule has 1 aromatic rings. The molecule has 0 atom stereocenters. The molecule has 0 spiro atoms. The zero-order valence-corrected chi connectivity index (χ0v) is 11.5. The van der Waals surface area contributed by atoms with E-state index in [1.54, 1.807) is 0 Å². The average molecular weight is 268 g/mol. The maximum atomic E-state index is 11.7. The molecule has 0 fully saturated rings. The normalized spacial score (nSPS) is 10.6. The zero-order chi connectivity index (χ0) is 14.4. The summed E-state index contributed by atoms with van der Waals surface area (Å²) in [6, 6.07) is 1.27. The van der Waals surface area contributed by atoms with Gasteiger partial charge in [0.2, 0.25) is 11.3 Å². The molecular weight excluding hydrogens is 248 g/mol. The molecule has 1 rings (SSSR count). The van der Waals surface area contributed by atoms with Crippen molar-refractivity contribution in [3.63, 3.8) is 0 Å². The van der Waals surface area contributed by atoms with Crippen molar-refractivity contribution in [1.29, 1.82) is 0 Å². The maximum absolute atomic E-state index is 11.7. The van der Waals surface area contributed by atoms with E-state index >= 15 is 0 Å². The van der Waals surface area contributed by atoms with Crippen molar-refractivity contribution in [1.82, 2.24) is 9.88 Å². The van der Waals surface area contributed by atoms with Gasteiger partial charge >= 0.3 is 0 Å². The van der Waals surface area contributed by atoms with Crippen LogP contribution in [0.15, 0.2) is 17.1 Å². The molecule has 0 aliphatic rings. The molecule has 6 nitrogen and oxygen atoms in total. The van der Waals surface area contributed by atoms with Gasteiger partial charge in [-0.25, -0.2) is 0 Å². The molecule has 0 radical (unpaired) electrons. The highest BCUT2D eigenvalue weighted by molar-refractivity contribution is 5.75. The Morgan fingerprint density at radius 2 is 2.21 bits per heavy atom. The molecule has 0 bridgehead atoms. The van der Waals surface area contributed by atoms with Crippen molar-refractivity contribution in [2.75, 3.05) is 13.7 Å². The van der Waals surface area contributed by atoms with Gasteiger partial charge in [-0.3, -0.25) is 9.59 Å². The Hall–Kier alpha value is -1.82. The maximum Gasteiger partial charge on any atom is 0.239 e. The molecule has 0 saturated heterocycles. The lowest BCUT2D eigenvalue weighted by Crippen LogP contribution is -2.31. The third-order valence-electron chi connectivity index (χ3n) is 2.59. The summed E-state index contributed by atoms with van der Waals surface area (Å²) in [7, 11) is 1.39. The lowest BCUT2D eigenvalue weighted by molar-refractivity contribution is -0.121. The van der Waals surface area contributed by atoms with Crippen molar-refractivity contribution in [2.45, 2.75) is 27.0 Å². The number of carbonyl (C=O) groups excluding carboxylic acids is 1. The molecule has 2 N–H and O–H groups in total. The Bertz CT molecular complexity index is 494. The predicted octanol–water partition coefficient (Wildman–Crippen LogP) is 0.121. The number of ether oxygens (including phenoxy) is 1. The molecule has 1 amide bonds. The highest BCUT2D eigenvalue weighted by Crippen LogP contribution is 2.06. The minimum absolute atomic E-state index is 0.0409. The van der Waals surface area contributed by atoms with Gasteiger partial charge < -0.3 is 19.7 Å². The van der Waals surface area contributed by atoms with E-state index in [1.165, 1.54) is 23.9 Å². The van der Waals surface area contributed by atoms with Crippen molar-refractivity contribution in [3.05, 3.63) is 28.2 Å². The molecule has 1 heterocycles. The van der Waals surface area contributed by atoms with E-state index < -0.39 is 0 Å². The molecule has 106 valence electrons. The molecule has 0 saturated carbocycles. The van der Waals surface area contributed by atoms with Crippen LogP contribution in [-0.2, 0) is 17.9 Å². The van der Waals surface area contributed by atoms with E-state index in [4.69, 9.17) is 4.74 Å². The van der Waals surface area contributed by atoms with Crippen LogP contribution < -0.4 is 15.5 Å². The Morgan fingerprint density at radius 3 is 2.74 bits per heavy atom. The van der Waals surface area contributed by atoms with Crippen LogP contribution in [0.5, 0.6) is 5.75 Å². The summed E-state index contributed by atoms with van der Waals surface area (Å²) < 4.78 is 6.43. The quantitative estimate of drug-likeness (QED) is 0.768. The Kier molecular flexibility index (Phi) is 5.57. The van der Waals surface area contributed by atoms with Crippen molar-refractivity contribution in [2.24, 2.45) is 5.92 Å². The number of methoxy groups -OCH3 is 1. The Balaban J connectivity index is 2.87. The van der Waals surface area contributed by atoms with E-state index in [9.17, 15) is 14.7 Å². The van der Waals surface area contributed by atoms with Gasteiger partial charge in [-0.15, -0.1) is 0 Å². The van der Waals surface area contributed by atoms with E-state index in [2.05, 4.69) is 5.32 Å². The number of pyridine rings is 1. The Labute approximate surface area is 112 Å². The topological polar surface area (TPSA) is 80.6 Å². The summed E-state index contributed by atoms with van der Waals surface area (Å²) in [6.45, 7) is 4.32. The molecule has 1 aromatic heterocycles. The number of rotatable bonds is 6. The first-order chi connectivity index (χ1) is 8.97. The molecule has 0 aliphatic heterocycles. The fraction of sp³-hybridized carbons (Fsp3) is 0.538. The van der Waals surface area contributed by atoms with Gasteiger partial charge in [-0.1, -0.05) is 13.8 Å². The summed E-state index contributed by atoms with van der Waals surface area (Å²) in [5.41, 5.74) is 0.0656. The lowest BCUT2D eigenvalue weighted by Gasteiger charge is -2.14. The highest BCUT2D eigenvalue weighted by atomic mass is 16.5. The van der Waals surface area contributed by atoms with E-state index in [0.29, 0.717) is 18.2 Å². The van der Waals surface area contributed by atoms with E-state index in [-0.39, 0.29) is 30.2 Å². The number of amides is 1. The number of carbonyl (C=O) groups is 1. The summed E-state index contributed by atoms with van der Waals surface area (Å²) in [5.74, 6) is 0.341. The van der Waals surface area contributed by atoms with Gasteiger partial charge in [-0.05, 0) is 5.92 Å². The van der Waals surface area contributed by atoms with Crippen molar-refractivity contribution >= 4 is 5.91 Å². The number of nitrogens with zero attached hydrogens (tertiary/aromatic N) is 1. The highest BCUT2D eigenvalue weighted by Gasteiger charge is 2.10. The predicted molar refractivity (Wildman–Crippen MR) is 71.0 cm³/mol. The molecular formula is C13H20N2O4. The third kappa shape index (κ3) is 4.40. The minimum atomic E-state index is -0.314. The molecule has 6 heteroatoms. The number of aromatic nitrogens is 1. The first-order valence-electron chi connectivity index (χ1n) is 6.12. The number of hydrogen-bond acceptors (Lipinski definition) is 4. The average Bonchev–Trinajstić information content (AvgIpc) is 2.37. The molecule has 0 unspecified atom stereocenters. The second-order valence-electron chi connectivity index (χ2n) is 4.68. The minimum Gasteiger partial charge on any atom is -0.491 e. The van der Waals surface area contributed by atoms with Crippen LogP contribution in [0.1, 0.15) is 19.5 Å². The van der Waals surface area contributed by atoms with E-state index in [1.807, 2.05) is 13.8 Å². The zero-order valence-electron chi connectivity index (χ0n) is 11.5. The number of hydrogen-bond donors (Lipinski definition) is 2. The standard InChI is InChI=1S/C13H20N2O4/c1-9(2)5-14-13(18)7-15-6-12(19-3)11(17)4-10(15)8-16/h4,6,9,16H,5,7-8H2,1-3H3,(H,14,18). The van der Waals surface area contributed by atoms with Gasteiger partial charge in [0.15, 0.2) is 5.75 Å². The van der Waals surface area contributed by atoms with Gasteiger partial charge in [-0.2, -0.15) is 0 Å². The van der Waals surface area contributed by atoms with Gasteiger partial charge in [0.05, 0.1) is 19.9 Å². The summed E-state index contributed by atoms with van der Waals surface area (Å²) >= 11 is 0. The van der Waals surface area contributed by atoms with Crippen molar-refractivity contribution < 1.29 is 14.6 Å². The molecule has 0 aliphatic carbocycles. The second-order valence-corrected chi connectivity index (χ2v) is 4.68. The van der Waals surface area contributed by atoms with Gasteiger partial charge in [0.1, 0.15) is 6.54 Å². The third-order valence-corrected chi connectivity index (χ3v) is 2.59. The summed E-state index contributed by atoms with van der Waals surface area (Å²) in [6.07, 6.45) is 1.43. The number of aliphatic hydroxyl groups excluding tert-OH is 1. The SMILES string of the molecule is COc1cn(CC(=O)NCC(C)C)c(CO)cc1=O. The monoisotopic (exact) mass is 268 g/mol. The number of nitrogens with one attached hydrogen (secondary N) is 1. The van der Waals surface area contributed by atoms with E-state index in [0.717, 1.165) is 0 Å². The fourth-order valence-electron chi connectivity index (χ4n) is 1.56. The lowest BCUT2D eigenvalue weighted by atomic mass is 10.2. The van der Waals surface area contributed by atoms with Gasteiger partial charge in [0.25, 0.3) is 0 Å². The van der Waals surface area contributed by atoms with Crippen LogP contribution in [0.3, 0.4) is 0 Å². The van der Waals surface area contributed by atoms with Crippen LogP contribution in [0.25, 0.3) is 0 Å². The smallest absolute Gasteiger partial charge is 0.239 e. The van der Waals surface area contributed by atoms with Crippen LogP contribution in [0.2, 0.25) is 0 Å². The second kappa shape index (κ2) is 6.94. The van der Waals surface area contributed by atoms with Crippen LogP contribution in [0, 0.1) is 5.92 Å². The van der Waals surface area contributed by atoms with Gasteiger partial charge in [0, 0.05) is 18.3 Å². The Morgan fingerprint density at radius 1 is 1.53 bits per heavy atom. The fourth-order valence-corrected chi connectivity index (χ4v) is 1.56.